The van der Waals surface area contributed by atoms with Crippen LogP contribution in [-0.2, 0) is 11.2 Å². The maximum atomic E-state index is 12.3. The van der Waals surface area contributed by atoms with Gasteiger partial charge in [0.25, 0.3) is 0 Å². The average molecular weight is 311 g/mol. The summed E-state index contributed by atoms with van der Waals surface area (Å²) in [4.78, 5) is 12.3. The molecule has 2 rings (SSSR count). The quantitative estimate of drug-likeness (QED) is 0.848. The number of aryl methyl sites for hydroxylation is 1. The fourth-order valence-corrected chi connectivity index (χ4v) is 2.49. The van der Waals surface area contributed by atoms with Crippen molar-refractivity contribution in [1.82, 2.24) is 10.6 Å². The molecule has 3 nitrogen and oxygen atoms in total. The fraction of sp³-hybridized carbons (Fsp3) is 0.588. The molecule has 1 amide bonds. The lowest BCUT2D eigenvalue weighted by Gasteiger charge is -2.34. The third-order valence-corrected chi connectivity index (χ3v) is 4.28. The maximum absolute atomic E-state index is 12.3. The van der Waals surface area contributed by atoms with E-state index in [1.807, 2.05) is 13.0 Å². The summed E-state index contributed by atoms with van der Waals surface area (Å²) >= 11 is 0. The molecule has 0 aromatic heterocycles. The number of hydrogen-bond acceptors (Lipinski definition) is 2. The number of hydrogen-bond donors (Lipinski definition) is 2. The summed E-state index contributed by atoms with van der Waals surface area (Å²) < 4.78 is 0. The Kier molecular flexibility index (Phi) is 6.69. The summed E-state index contributed by atoms with van der Waals surface area (Å²) in [6.07, 6.45) is 1.95. The van der Waals surface area contributed by atoms with E-state index in [2.05, 4.69) is 48.7 Å². The molecular formula is C17H27ClN2O. The van der Waals surface area contributed by atoms with Crippen LogP contribution in [0.3, 0.4) is 0 Å². The van der Waals surface area contributed by atoms with Crippen molar-refractivity contribution < 1.29 is 4.79 Å². The molecule has 0 aliphatic carbocycles. The van der Waals surface area contributed by atoms with Gasteiger partial charge in [-0.05, 0) is 51.3 Å². The van der Waals surface area contributed by atoms with Gasteiger partial charge < -0.3 is 10.6 Å². The number of carbonyl (C=O) groups excluding carboxylic acids is 1. The molecule has 1 aliphatic rings. The van der Waals surface area contributed by atoms with Crippen molar-refractivity contribution in [2.75, 3.05) is 13.1 Å². The van der Waals surface area contributed by atoms with Crippen molar-refractivity contribution in [3.05, 3.63) is 35.9 Å². The van der Waals surface area contributed by atoms with Crippen LogP contribution in [0.1, 0.15) is 32.8 Å². The van der Waals surface area contributed by atoms with Crippen molar-refractivity contribution in [2.45, 2.75) is 39.2 Å². The summed E-state index contributed by atoms with van der Waals surface area (Å²) in [7, 11) is 0. The molecule has 4 heteroatoms. The Morgan fingerprint density at radius 1 is 1.33 bits per heavy atom. The molecule has 1 fully saturated rings. The molecule has 118 valence electrons. The highest BCUT2D eigenvalue weighted by molar-refractivity contribution is 5.85. The molecule has 1 aromatic carbocycles. The van der Waals surface area contributed by atoms with Crippen LogP contribution in [0, 0.1) is 11.8 Å². The van der Waals surface area contributed by atoms with E-state index in [1.54, 1.807) is 0 Å². The predicted octanol–water partition coefficient (Wildman–Crippen LogP) is 2.79. The zero-order valence-electron chi connectivity index (χ0n) is 13.2. The molecule has 1 atom stereocenters. The first-order valence-corrected chi connectivity index (χ1v) is 7.54. The Bertz CT molecular complexity index is 443. The van der Waals surface area contributed by atoms with E-state index >= 15 is 0 Å². The third-order valence-electron chi connectivity index (χ3n) is 4.28. The Labute approximate surface area is 134 Å². The molecule has 21 heavy (non-hydrogen) atoms. The van der Waals surface area contributed by atoms with Gasteiger partial charge in [-0.3, -0.25) is 4.79 Å². The van der Waals surface area contributed by atoms with Crippen molar-refractivity contribution >= 4 is 18.3 Å². The lowest BCUT2D eigenvalue weighted by atomic mass is 9.87. The molecule has 1 unspecified atom stereocenters. The van der Waals surface area contributed by atoms with Crippen LogP contribution < -0.4 is 10.6 Å². The van der Waals surface area contributed by atoms with Crippen LogP contribution in [0.4, 0.5) is 0 Å². The van der Waals surface area contributed by atoms with Crippen molar-refractivity contribution in [1.29, 1.82) is 0 Å². The van der Waals surface area contributed by atoms with Gasteiger partial charge in [-0.2, -0.15) is 0 Å². The van der Waals surface area contributed by atoms with Crippen LogP contribution >= 0.6 is 12.4 Å². The first-order valence-electron chi connectivity index (χ1n) is 7.54. The minimum atomic E-state index is -0.154. The number of carbonyl (C=O) groups is 1. The molecule has 1 saturated heterocycles. The van der Waals surface area contributed by atoms with Gasteiger partial charge >= 0.3 is 0 Å². The molecule has 2 N–H and O–H groups in total. The number of amides is 1. The van der Waals surface area contributed by atoms with E-state index in [-0.39, 0.29) is 29.8 Å². The first-order chi connectivity index (χ1) is 9.48. The van der Waals surface area contributed by atoms with E-state index in [4.69, 9.17) is 0 Å². The summed E-state index contributed by atoms with van der Waals surface area (Å²) in [6.45, 7) is 8.20. The molecule has 0 radical (unpaired) electrons. The van der Waals surface area contributed by atoms with Gasteiger partial charge in [0.15, 0.2) is 0 Å². The lowest BCUT2D eigenvalue weighted by Crippen LogP contribution is -2.53. The molecule has 1 heterocycles. The molecule has 0 spiro atoms. The zero-order chi connectivity index (χ0) is 14.6. The highest BCUT2D eigenvalue weighted by Crippen LogP contribution is 2.19. The Balaban J connectivity index is 0.00000220. The topological polar surface area (TPSA) is 41.1 Å². The number of benzene rings is 1. The third kappa shape index (κ3) is 5.33. The Morgan fingerprint density at radius 2 is 1.95 bits per heavy atom. The normalized spacial score (nSPS) is 16.5. The highest BCUT2D eigenvalue weighted by Gasteiger charge is 2.31. The molecule has 0 bridgehead atoms. The second kappa shape index (κ2) is 7.81. The fourth-order valence-electron chi connectivity index (χ4n) is 2.49. The van der Waals surface area contributed by atoms with Crippen LogP contribution in [-0.4, -0.2) is 24.5 Å². The minimum absolute atomic E-state index is 0. The Morgan fingerprint density at radius 3 is 2.48 bits per heavy atom. The van der Waals surface area contributed by atoms with Gasteiger partial charge in [0, 0.05) is 11.5 Å². The van der Waals surface area contributed by atoms with Crippen molar-refractivity contribution in [3.63, 3.8) is 0 Å². The molecule has 1 aromatic rings. The van der Waals surface area contributed by atoms with Gasteiger partial charge in [-0.1, -0.05) is 37.3 Å². The second-order valence-corrected chi connectivity index (χ2v) is 6.57. The number of nitrogens with one attached hydrogen (secondary N) is 2. The molecule has 1 aliphatic heterocycles. The van der Waals surface area contributed by atoms with Crippen LogP contribution in [0.15, 0.2) is 30.3 Å². The van der Waals surface area contributed by atoms with E-state index in [1.165, 1.54) is 5.56 Å². The summed E-state index contributed by atoms with van der Waals surface area (Å²) in [6, 6.07) is 10.4. The molecular weight excluding hydrogens is 284 g/mol. The van der Waals surface area contributed by atoms with E-state index in [0.717, 1.165) is 25.9 Å². The Hall–Kier alpha value is -1.06. The van der Waals surface area contributed by atoms with Gasteiger partial charge in [0.1, 0.15) is 0 Å². The second-order valence-electron chi connectivity index (χ2n) is 6.57. The SMILES string of the molecule is CC(C(=O)NC(C)(C)CCc1ccccc1)C1CNC1.Cl. The zero-order valence-corrected chi connectivity index (χ0v) is 14.0. The van der Waals surface area contributed by atoms with Gasteiger partial charge in [-0.25, -0.2) is 0 Å². The number of halogens is 1. The minimum Gasteiger partial charge on any atom is -0.351 e. The van der Waals surface area contributed by atoms with Gasteiger partial charge in [0.05, 0.1) is 0 Å². The van der Waals surface area contributed by atoms with E-state index in [0.29, 0.717) is 5.92 Å². The van der Waals surface area contributed by atoms with E-state index in [9.17, 15) is 4.79 Å². The lowest BCUT2D eigenvalue weighted by molar-refractivity contribution is -0.128. The van der Waals surface area contributed by atoms with Crippen molar-refractivity contribution in [3.8, 4) is 0 Å². The molecule has 0 saturated carbocycles. The average Bonchev–Trinajstić information content (AvgIpc) is 2.35. The predicted molar refractivity (Wildman–Crippen MR) is 89.8 cm³/mol. The van der Waals surface area contributed by atoms with Crippen LogP contribution in [0.2, 0.25) is 0 Å². The largest absolute Gasteiger partial charge is 0.351 e. The van der Waals surface area contributed by atoms with Crippen LogP contribution in [0.25, 0.3) is 0 Å². The van der Waals surface area contributed by atoms with Gasteiger partial charge in [-0.15, -0.1) is 12.4 Å². The van der Waals surface area contributed by atoms with E-state index < -0.39 is 0 Å². The summed E-state index contributed by atoms with van der Waals surface area (Å²) in [5.74, 6) is 0.793. The van der Waals surface area contributed by atoms with Gasteiger partial charge in [0.2, 0.25) is 5.91 Å². The van der Waals surface area contributed by atoms with Crippen molar-refractivity contribution in [2.24, 2.45) is 11.8 Å². The first kappa shape index (κ1) is 18.0. The summed E-state index contributed by atoms with van der Waals surface area (Å²) in [5.41, 5.74) is 1.17. The van der Waals surface area contributed by atoms with Crippen LogP contribution in [0.5, 0.6) is 0 Å². The monoisotopic (exact) mass is 310 g/mol. The smallest absolute Gasteiger partial charge is 0.223 e. The number of rotatable bonds is 6. The summed E-state index contributed by atoms with van der Waals surface area (Å²) in [5, 5.41) is 6.44. The standard InChI is InChI=1S/C17H26N2O.ClH/c1-13(15-11-18-12-15)16(20)19-17(2,3)10-9-14-7-5-4-6-8-14;/h4-8,13,15,18H,9-12H2,1-3H3,(H,19,20);1H. The highest BCUT2D eigenvalue weighted by atomic mass is 35.5. The maximum Gasteiger partial charge on any atom is 0.223 e.